The van der Waals surface area contributed by atoms with E-state index in [1.165, 1.54) is 24.3 Å². The van der Waals surface area contributed by atoms with Gasteiger partial charge in [0, 0.05) is 33.8 Å². The molecule has 1 N–H and O–H groups in total. The highest BCUT2D eigenvalue weighted by Crippen LogP contribution is 2.44. The average molecular weight is 890 g/mol. The standard InChI is InChI=1S/C63H63N3O/c1-39-32-41(3)59(67)52(33-39)60-65-58-51(46-35-47(37-49(36-46)62(7,8)9)54-38-44(30-31-64-54)42-24-27-48(28-25-42)61(4,5)6)21-17-23-56(58)66(60)55-29-26-45(34-40(55)2)57-50(43-18-14-13-15-19-43)20-16-22-53(57)63(10,11)12/h13-38,67H,1-12H3/i2D3,4D3,5D3,6D3. The number of rotatable bonds is 7. The number of pyridine rings is 1. The smallest absolute Gasteiger partial charge is 0.149 e. The van der Waals surface area contributed by atoms with Gasteiger partial charge in [0.1, 0.15) is 11.6 Å². The molecule has 0 saturated carbocycles. The molecular weight excluding hydrogens is 815 g/mol. The van der Waals surface area contributed by atoms with E-state index in [-0.39, 0.29) is 27.7 Å². The Morgan fingerprint density at radius 1 is 0.522 bits per heavy atom. The fraction of sp³-hybridized carbons (Fsp3) is 0.238. The van der Waals surface area contributed by atoms with Crippen molar-refractivity contribution in [3.63, 3.8) is 0 Å². The predicted molar refractivity (Wildman–Crippen MR) is 283 cm³/mol. The summed E-state index contributed by atoms with van der Waals surface area (Å²) in [5, 5.41) is 11.9. The molecule has 0 atom stereocenters. The third-order valence-electron chi connectivity index (χ3n) is 12.7. The van der Waals surface area contributed by atoms with Crippen molar-refractivity contribution in [1.29, 1.82) is 0 Å². The van der Waals surface area contributed by atoms with Gasteiger partial charge in [-0.25, -0.2) is 4.98 Å². The Labute approximate surface area is 414 Å². The number of nitrogens with zero attached hydrogens (tertiary/aromatic N) is 3. The minimum atomic E-state index is -3.39. The van der Waals surface area contributed by atoms with E-state index in [0.29, 0.717) is 50.5 Å². The first kappa shape index (κ1) is 32.6. The molecule has 2 aromatic heterocycles. The molecule has 9 aromatic rings. The number of hydrogen-bond acceptors (Lipinski definition) is 3. The van der Waals surface area contributed by atoms with Gasteiger partial charge in [-0.15, -0.1) is 0 Å². The van der Waals surface area contributed by atoms with E-state index in [9.17, 15) is 9.22 Å². The van der Waals surface area contributed by atoms with Crippen LogP contribution in [0.2, 0.25) is 0 Å². The van der Waals surface area contributed by atoms with Crippen LogP contribution in [0.4, 0.5) is 0 Å². The molecule has 0 unspecified atom stereocenters. The van der Waals surface area contributed by atoms with E-state index in [1.54, 1.807) is 18.3 Å². The van der Waals surface area contributed by atoms with E-state index in [4.69, 9.17) is 22.3 Å². The van der Waals surface area contributed by atoms with Gasteiger partial charge in [-0.05, 0) is 158 Å². The van der Waals surface area contributed by atoms with Crippen molar-refractivity contribution in [3.05, 3.63) is 191 Å². The second kappa shape index (κ2) is 17.0. The van der Waals surface area contributed by atoms with Crippen LogP contribution in [-0.2, 0) is 16.2 Å². The first-order valence-electron chi connectivity index (χ1n) is 28.6. The lowest BCUT2D eigenvalue weighted by molar-refractivity contribution is 0.472. The third kappa shape index (κ3) is 8.74. The first-order chi connectivity index (χ1) is 36.7. The molecule has 4 nitrogen and oxygen atoms in total. The van der Waals surface area contributed by atoms with E-state index >= 15 is 0 Å². The Bertz CT molecular complexity index is 3740. The zero-order chi connectivity index (χ0) is 57.6. The Morgan fingerprint density at radius 2 is 1.24 bits per heavy atom. The molecule has 0 radical (unpaired) electrons. The summed E-state index contributed by atoms with van der Waals surface area (Å²) >= 11 is 0. The monoisotopic (exact) mass is 890 g/mol. The summed E-state index contributed by atoms with van der Waals surface area (Å²) in [6.07, 6.45) is 1.64. The van der Waals surface area contributed by atoms with Gasteiger partial charge < -0.3 is 5.11 Å². The van der Waals surface area contributed by atoms with Crippen molar-refractivity contribution in [2.75, 3.05) is 0 Å². The van der Waals surface area contributed by atoms with Crippen molar-refractivity contribution < 1.29 is 21.6 Å². The summed E-state index contributed by atoms with van der Waals surface area (Å²) in [5.74, 6) is 0.373. The Kier molecular flexibility index (Phi) is 8.27. The summed E-state index contributed by atoms with van der Waals surface area (Å²) < 4.78 is 103. The maximum Gasteiger partial charge on any atom is 0.149 e. The second-order valence-corrected chi connectivity index (χ2v) is 19.8. The highest BCUT2D eigenvalue weighted by atomic mass is 16.3. The second-order valence-electron chi connectivity index (χ2n) is 19.8. The molecule has 0 bridgehead atoms. The molecule has 0 fully saturated rings. The number of hydrogen-bond donors (Lipinski definition) is 1. The number of phenolic OH excluding ortho intramolecular Hbond substituents is 1. The van der Waals surface area contributed by atoms with Crippen LogP contribution >= 0.6 is 0 Å². The van der Waals surface area contributed by atoms with Crippen LogP contribution in [0.3, 0.4) is 0 Å². The van der Waals surface area contributed by atoms with E-state index in [0.717, 1.165) is 55.6 Å². The molecule has 0 saturated heterocycles. The average Bonchev–Trinajstić information content (AvgIpc) is 3.56. The van der Waals surface area contributed by atoms with Crippen molar-refractivity contribution >= 4 is 11.0 Å². The molecule has 9 rings (SSSR count). The number of imidazole rings is 1. The highest BCUT2D eigenvalue weighted by molar-refractivity contribution is 5.97. The Hall–Kier alpha value is -7.04. The van der Waals surface area contributed by atoms with Crippen molar-refractivity contribution in [2.45, 2.75) is 99.0 Å². The van der Waals surface area contributed by atoms with Gasteiger partial charge in [0.2, 0.25) is 0 Å². The van der Waals surface area contributed by atoms with Gasteiger partial charge in [0.15, 0.2) is 0 Å². The van der Waals surface area contributed by atoms with Gasteiger partial charge in [0.05, 0.1) is 28.0 Å². The van der Waals surface area contributed by atoms with Crippen LogP contribution in [0.1, 0.15) is 112 Å². The maximum atomic E-state index is 11.9. The van der Waals surface area contributed by atoms with E-state index < -0.39 is 32.8 Å². The number of benzene rings is 7. The van der Waals surface area contributed by atoms with Crippen LogP contribution in [0.25, 0.3) is 83.9 Å². The lowest BCUT2D eigenvalue weighted by Gasteiger charge is -2.26. The zero-order valence-electron chi connectivity index (χ0n) is 51.3. The molecule has 7 aromatic carbocycles. The summed E-state index contributed by atoms with van der Waals surface area (Å²) in [4.78, 5) is 10.2. The molecule has 0 amide bonds. The van der Waals surface area contributed by atoms with E-state index in [2.05, 4.69) is 77.9 Å². The largest absolute Gasteiger partial charge is 0.507 e. The number of aromatic nitrogens is 3. The highest BCUT2D eigenvalue weighted by Gasteiger charge is 2.26. The molecule has 0 aliphatic carbocycles. The molecular formula is C63H63N3O. The van der Waals surface area contributed by atoms with Crippen LogP contribution < -0.4 is 0 Å². The quantitative estimate of drug-likeness (QED) is 0.173. The van der Waals surface area contributed by atoms with Crippen molar-refractivity contribution in [2.24, 2.45) is 0 Å². The summed E-state index contributed by atoms with van der Waals surface area (Å²) in [6.45, 7) is 3.77. The van der Waals surface area contributed by atoms with Gasteiger partial charge in [-0.1, -0.05) is 165 Å². The van der Waals surface area contributed by atoms with Crippen LogP contribution in [0, 0.1) is 20.7 Å². The normalized spacial score (nSPS) is 15.6. The van der Waals surface area contributed by atoms with Crippen LogP contribution in [0.5, 0.6) is 5.75 Å². The topological polar surface area (TPSA) is 50.9 Å². The Morgan fingerprint density at radius 3 is 1.96 bits per heavy atom. The van der Waals surface area contributed by atoms with Gasteiger partial charge >= 0.3 is 0 Å². The van der Waals surface area contributed by atoms with Gasteiger partial charge in [-0.2, -0.15) is 0 Å². The fourth-order valence-electron chi connectivity index (χ4n) is 9.16. The molecule has 0 aliphatic heterocycles. The molecule has 2 heterocycles. The Balaban J connectivity index is 1.25. The number of para-hydroxylation sites is 1. The maximum absolute atomic E-state index is 11.9. The lowest BCUT2D eigenvalue weighted by Crippen LogP contribution is -2.13. The SMILES string of the molecule is [2H]C([2H])([2H])c1cc(-c2c(-c3ccccc3)cccc2C(C)(C)C)ccc1-n1c(-c2cc(C)cc(C)c2O)nc2c(-c3cc(-c4cc(-c5ccc(C(C([2H])([2H])[2H])(C([2H])([2H])[2H])C([2H])([2H])[2H])cc5)ccn4)cc(C(C)(C)C)c3)cccc21. The molecule has 0 spiro atoms. The first-order valence-corrected chi connectivity index (χ1v) is 22.6. The van der Waals surface area contributed by atoms with Gasteiger partial charge in [0.25, 0.3) is 0 Å². The van der Waals surface area contributed by atoms with E-state index in [1.807, 2.05) is 97.3 Å². The summed E-state index contributed by atoms with van der Waals surface area (Å²) in [6, 6.07) is 46.9. The minimum absolute atomic E-state index is 0.0196. The summed E-state index contributed by atoms with van der Waals surface area (Å²) in [5.41, 5.74) is 9.26. The minimum Gasteiger partial charge on any atom is -0.507 e. The summed E-state index contributed by atoms with van der Waals surface area (Å²) in [7, 11) is 0. The number of aryl methyl sites for hydroxylation is 3. The number of aromatic hydroxyl groups is 1. The van der Waals surface area contributed by atoms with Crippen LogP contribution in [-0.4, -0.2) is 19.6 Å². The van der Waals surface area contributed by atoms with Crippen LogP contribution in [0.15, 0.2) is 158 Å². The molecule has 4 heteroatoms. The van der Waals surface area contributed by atoms with Crippen molar-refractivity contribution in [3.8, 4) is 78.6 Å². The molecule has 67 heavy (non-hydrogen) atoms. The fourth-order valence-corrected chi connectivity index (χ4v) is 9.16. The molecule has 336 valence electrons. The van der Waals surface area contributed by atoms with Crippen molar-refractivity contribution in [1.82, 2.24) is 14.5 Å². The third-order valence-corrected chi connectivity index (χ3v) is 12.7. The van der Waals surface area contributed by atoms with Gasteiger partial charge in [-0.3, -0.25) is 9.55 Å². The molecule has 0 aliphatic rings. The number of fused-ring (bicyclic) bond motifs is 1. The zero-order valence-corrected chi connectivity index (χ0v) is 39.3. The predicted octanol–water partition coefficient (Wildman–Crippen LogP) is 16.9. The number of phenols is 1. The lowest BCUT2D eigenvalue weighted by atomic mass is 9.78.